The Balaban J connectivity index is 2.14. The second kappa shape index (κ2) is 6.74. The molecule has 1 fully saturated rings. The van der Waals surface area contributed by atoms with E-state index in [-0.39, 0.29) is 0 Å². The third-order valence-electron chi connectivity index (χ3n) is 2.81. The van der Waals surface area contributed by atoms with Crippen LogP contribution in [0.15, 0.2) is 11.1 Å². The predicted octanol–water partition coefficient (Wildman–Crippen LogP) is 2.12. The molecule has 5 nitrogen and oxygen atoms in total. The average molecular weight is 414 g/mol. The molecule has 1 saturated heterocycles. The molecule has 0 N–H and O–H groups in total. The molecule has 2 heterocycles. The van der Waals surface area contributed by atoms with Crippen molar-refractivity contribution in [3.8, 4) is 0 Å². The average Bonchev–Trinajstić information content (AvgIpc) is 2.39. The normalized spacial score (nSPS) is 15.9. The van der Waals surface area contributed by atoms with Gasteiger partial charge in [0.1, 0.15) is 0 Å². The molecule has 0 radical (unpaired) electrons. The van der Waals surface area contributed by atoms with Crippen molar-refractivity contribution in [3.63, 3.8) is 0 Å². The molecular formula is C12H16N5W-. The molecule has 1 aromatic heterocycles. The summed E-state index contributed by atoms with van der Waals surface area (Å²) in [6.07, 6.45) is 5.34. The van der Waals surface area contributed by atoms with Gasteiger partial charge in [0.05, 0.1) is 0 Å². The Labute approximate surface area is 118 Å². The number of rotatable bonds is 4. The predicted molar refractivity (Wildman–Crippen MR) is 70.4 cm³/mol. The molecule has 1 aliphatic rings. The van der Waals surface area contributed by atoms with Crippen molar-refractivity contribution in [3.05, 3.63) is 17.2 Å². The minimum absolute atomic E-state index is 0.684. The molecule has 0 amide bonds. The molecule has 18 heavy (non-hydrogen) atoms. The summed E-state index contributed by atoms with van der Waals surface area (Å²) in [7, 11) is 0. The van der Waals surface area contributed by atoms with Crippen LogP contribution in [0.5, 0.6) is 0 Å². The summed E-state index contributed by atoms with van der Waals surface area (Å²) in [5.74, 6) is 2.43. The van der Waals surface area contributed by atoms with E-state index in [1.807, 2.05) is 13.0 Å². The van der Waals surface area contributed by atoms with Crippen molar-refractivity contribution in [2.45, 2.75) is 26.2 Å². The number of piperidine rings is 1. The summed E-state index contributed by atoms with van der Waals surface area (Å²) in [6, 6.07) is 1.94. The summed E-state index contributed by atoms with van der Waals surface area (Å²) in [4.78, 5) is 15.1. The van der Waals surface area contributed by atoms with Gasteiger partial charge in [-0.1, -0.05) is 0 Å². The molecule has 0 atom stereocenters. The van der Waals surface area contributed by atoms with Gasteiger partial charge in [0.2, 0.25) is 0 Å². The van der Waals surface area contributed by atoms with Gasteiger partial charge in [-0.15, -0.1) is 0 Å². The Bertz CT molecular complexity index is 440. The van der Waals surface area contributed by atoms with Gasteiger partial charge >= 0.3 is 118 Å². The number of hydrogen-bond acceptors (Lipinski definition) is 4. The number of aryl methyl sites for hydroxylation is 1. The zero-order chi connectivity index (χ0) is 12.8. The first kappa shape index (κ1) is 13.3. The van der Waals surface area contributed by atoms with Crippen LogP contribution in [-0.4, -0.2) is 33.9 Å². The van der Waals surface area contributed by atoms with Gasteiger partial charge < -0.3 is 0 Å². The minimum atomic E-state index is 0.684. The number of anilines is 1. The zero-order valence-electron chi connectivity index (χ0n) is 10.4. The van der Waals surface area contributed by atoms with Crippen LogP contribution in [0.3, 0.4) is 0 Å². The second-order valence-corrected chi connectivity index (χ2v) is 4.94. The van der Waals surface area contributed by atoms with E-state index in [9.17, 15) is 0 Å². The molecule has 1 aromatic rings. The van der Waals surface area contributed by atoms with Gasteiger partial charge in [-0.05, 0) is 0 Å². The zero-order valence-corrected chi connectivity index (χ0v) is 13.3. The van der Waals surface area contributed by atoms with Crippen molar-refractivity contribution in [2.75, 3.05) is 18.0 Å². The molecule has 0 spiro atoms. The van der Waals surface area contributed by atoms with Crippen LogP contribution >= 0.6 is 0 Å². The number of nitrogens with zero attached hydrogens (tertiary/aromatic N) is 5. The van der Waals surface area contributed by atoms with Crippen molar-refractivity contribution in [1.82, 2.24) is 9.97 Å². The molecule has 0 saturated carbocycles. The van der Waals surface area contributed by atoms with E-state index in [1.54, 1.807) is 4.52 Å². The van der Waals surface area contributed by atoms with E-state index in [0.29, 0.717) is 5.82 Å². The van der Waals surface area contributed by atoms with Crippen LogP contribution < -0.4 is 4.90 Å². The SMILES string of the molecule is Cc1nc([N-]C=N[CH]=[W])cc(N2CCCCC2)n1. The maximum atomic E-state index is 4.49. The Morgan fingerprint density at radius 3 is 2.83 bits per heavy atom. The Hall–Kier alpha value is -1.09. The first-order chi connectivity index (χ1) is 8.79. The number of hydrogen-bond donors (Lipinski definition) is 0. The molecule has 0 bridgehead atoms. The molecule has 6 heteroatoms. The standard InChI is InChI=1S/C12H16N5.W/c1-10-15-11(14-9-13-2)8-12(16-10)17-6-4-3-5-7-17;/h2,8-9H,3-7H2,1H3;/q-1;. The van der Waals surface area contributed by atoms with Gasteiger partial charge in [-0.3, -0.25) is 0 Å². The van der Waals surface area contributed by atoms with Crippen LogP contribution in [0, 0.1) is 6.92 Å². The van der Waals surface area contributed by atoms with E-state index in [1.165, 1.54) is 45.0 Å². The van der Waals surface area contributed by atoms with Crippen molar-refractivity contribution < 1.29 is 19.4 Å². The van der Waals surface area contributed by atoms with Crippen LogP contribution in [-0.2, 0) is 19.4 Å². The first-order valence-electron chi connectivity index (χ1n) is 6.06. The molecular weight excluding hydrogens is 398 g/mol. The van der Waals surface area contributed by atoms with Crippen LogP contribution in [0.25, 0.3) is 5.32 Å². The maximum absolute atomic E-state index is 4.49. The molecule has 0 unspecified atom stereocenters. The van der Waals surface area contributed by atoms with Crippen molar-refractivity contribution in [1.29, 1.82) is 0 Å². The molecule has 2 rings (SSSR count). The fraction of sp³-hybridized carbons (Fsp3) is 0.500. The summed E-state index contributed by atoms with van der Waals surface area (Å²) in [5, 5.41) is 4.22. The van der Waals surface area contributed by atoms with E-state index in [4.69, 9.17) is 0 Å². The van der Waals surface area contributed by atoms with Gasteiger partial charge in [-0.25, -0.2) is 0 Å². The van der Waals surface area contributed by atoms with Gasteiger partial charge in [0, 0.05) is 0 Å². The van der Waals surface area contributed by atoms with E-state index >= 15 is 0 Å². The fourth-order valence-electron chi connectivity index (χ4n) is 2.01. The van der Waals surface area contributed by atoms with Crippen LogP contribution in [0.2, 0.25) is 0 Å². The van der Waals surface area contributed by atoms with Gasteiger partial charge in [0.15, 0.2) is 0 Å². The summed E-state index contributed by atoms with van der Waals surface area (Å²) in [5.41, 5.74) is 0. The second-order valence-electron chi connectivity index (χ2n) is 4.18. The Kier molecular flexibility index (Phi) is 4.99. The van der Waals surface area contributed by atoms with Crippen LogP contribution in [0.1, 0.15) is 25.1 Å². The Morgan fingerprint density at radius 1 is 1.33 bits per heavy atom. The molecule has 96 valence electrons. The monoisotopic (exact) mass is 414 g/mol. The van der Waals surface area contributed by atoms with Crippen molar-refractivity contribution >= 4 is 22.5 Å². The summed E-state index contributed by atoms with van der Waals surface area (Å²) in [6.45, 7) is 4.06. The number of aliphatic imine (C=N–C) groups is 1. The van der Waals surface area contributed by atoms with E-state index in [0.717, 1.165) is 24.7 Å². The van der Waals surface area contributed by atoms with Crippen LogP contribution in [0.4, 0.5) is 11.6 Å². The Morgan fingerprint density at radius 2 is 2.11 bits per heavy atom. The summed E-state index contributed by atoms with van der Waals surface area (Å²) < 4.78 is 1.78. The third kappa shape index (κ3) is 3.70. The van der Waals surface area contributed by atoms with E-state index < -0.39 is 0 Å². The van der Waals surface area contributed by atoms with Gasteiger partial charge in [-0.2, -0.15) is 0 Å². The van der Waals surface area contributed by atoms with E-state index in [2.05, 4.69) is 25.2 Å². The topological polar surface area (TPSA) is 55.5 Å². The number of aromatic nitrogens is 2. The molecule has 0 aliphatic carbocycles. The van der Waals surface area contributed by atoms with Crippen molar-refractivity contribution in [2.24, 2.45) is 4.99 Å². The first-order valence-corrected chi connectivity index (χ1v) is 7.76. The third-order valence-corrected chi connectivity index (χ3v) is 3.25. The molecule has 0 aromatic carbocycles. The summed E-state index contributed by atoms with van der Waals surface area (Å²) >= 11 is 1.31. The quantitative estimate of drug-likeness (QED) is 0.561. The fourth-order valence-corrected chi connectivity index (χ4v) is 2.20. The molecule has 1 aliphatic heterocycles. The van der Waals surface area contributed by atoms with Gasteiger partial charge in [0.25, 0.3) is 0 Å².